The van der Waals surface area contributed by atoms with Gasteiger partial charge < -0.3 is 16.4 Å². The minimum Gasteiger partial charge on any atom is -0.372 e. The van der Waals surface area contributed by atoms with Gasteiger partial charge in [-0.3, -0.25) is 9.59 Å². The zero-order valence-corrected chi connectivity index (χ0v) is 19.3. The minimum absolute atomic E-state index is 0.0428. The first-order valence-corrected chi connectivity index (χ1v) is 11.0. The minimum atomic E-state index is -0.0428. The number of carbonyl (C=O) groups is 2. The number of hydrogen-bond donors (Lipinski definition) is 2. The van der Waals surface area contributed by atoms with Crippen LogP contribution >= 0.6 is 0 Å². The van der Waals surface area contributed by atoms with Crippen LogP contribution in [-0.2, 0) is 16.0 Å². The molecule has 0 saturated carbocycles. The number of nitrogens with zero attached hydrogens (tertiary/aromatic N) is 1. The average Bonchev–Trinajstić information content (AvgIpc) is 2.78. The molecule has 1 unspecified atom stereocenters. The fourth-order valence-electron chi connectivity index (χ4n) is 3.67. The number of carbonyl (C=O) groups excluding carboxylic acids is 2. The van der Waals surface area contributed by atoms with Crippen molar-refractivity contribution in [3.8, 4) is 11.1 Å². The number of unbranched alkanes of at least 4 members (excludes halogenated alkanes) is 1. The molecule has 2 aromatic carbocycles. The van der Waals surface area contributed by atoms with Crippen molar-refractivity contribution < 1.29 is 9.59 Å². The van der Waals surface area contributed by atoms with Gasteiger partial charge in [0.05, 0.1) is 0 Å². The number of rotatable bonds is 5. The first-order chi connectivity index (χ1) is 14.9. The molecule has 4 N–H and O–H groups in total. The van der Waals surface area contributed by atoms with Crippen LogP contribution in [0, 0.1) is 5.92 Å². The molecule has 2 atom stereocenters. The van der Waals surface area contributed by atoms with Crippen molar-refractivity contribution in [1.82, 2.24) is 0 Å². The van der Waals surface area contributed by atoms with Crippen molar-refractivity contribution in [2.24, 2.45) is 17.4 Å². The summed E-state index contributed by atoms with van der Waals surface area (Å²) in [7, 11) is 0. The first-order valence-electron chi connectivity index (χ1n) is 11.0. The second kappa shape index (κ2) is 13.4. The van der Waals surface area contributed by atoms with Crippen molar-refractivity contribution in [2.75, 3.05) is 11.4 Å². The third kappa shape index (κ3) is 7.07. The summed E-state index contributed by atoms with van der Waals surface area (Å²) in [6.07, 6.45) is 5.48. The largest absolute Gasteiger partial charge is 0.372 e. The van der Waals surface area contributed by atoms with E-state index in [1.165, 1.54) is 11.1 Å². The standard InChI is InChI=1S/C23H28N2O.C2H6.CH3NO/c1-4-5-6-7-18-8-10-19(11-9-18)20-12-13-22-21(14-20)23(24)16(2)15-25(22)17(3)26;1-2;2-1-3/h4,8-14,16,23H,1,5-7,15,24H2,2-3H3;1-2H3;1H,(H2,2,3)/t16-,23?;;/m1../s1. The summed E-state index contributed by atoms with van der Waals surface area (Å²) in [5, 5.41) is 0. The first kappa shape index (κ1) is 26.1. The Kier molecular flexibility index (Phi) is 11.3. The molecule has 0 aliphatic carbocycles. The van der Waals surface area contributed by atoms with Gasteiger partial charge in [-0.1, -0.05) is 57.2 Å². The number of fused-ring (bicyclic) bond motifs is 1. The number of primary amides is 1. The molecule has 0 saturated heterocycles. The number of nitrogens with two attached hydrogens (primary N) is 2. The van der Waals surface area contributed by atoms with Crippen molar-refractivity contribution in [2.45, 2.75) is 53.0 Å². The van der Waals surface area contributed by atoms with E-state index in [0.717, 1.165) is 36.1 Å². The van der Waals surface area contributed by atoms with Crippen LogP contribution in [0.5, 0.6) is 0 Å². The Labute approximate surface area is 187 Å². The second-order valence-corrected chi connectivity index (χ2v) is 7.42. The van der Waals surface area contributed by atoms with E-state index >= 15 is 0 Å². The molecule has 0 spiro atoms. The summed E-state index contributed by atoms with van der Waals surface area (Å²) >= 11 is 0. The molecule has 2 aromatic rings. The molecule has 0 aromatic heterocycles. The van der Waals surface area contributed by atoms with Gasteiger partial charge in [0.15, 0.2) is 0 Å². The van der Waals surface area contributed by atoms with E-state index in [0.29, 0.717) is 6.54 Å². The third-order valence-corrected chi connectivity index (χ3v) is 5.30. The fraction of sp³-hybridized carbons (Fsp3) is 0.385. The van der Waals surface area contributed by atoms with Crippen LogP contribution in [0.2, 0.25) is 0 Å². The van der Waals surface area contributed by atoms with E-state index < -0.39 is 0 Å². The molecule has 5 heteroatoms. The molecule has 1 aliphatic rings. The lowest BCUT2D eigenvalue weighted by Crippen LogP contribution is -2.42. The van der Waals surface area contributed by atoms with Gasteiger partial charge >= 0.3 is 0 Å². The summed E-state index contributed by atoms with van der Waals surface area (Å²) < 4.78 is 0. The van der Waals surface area contributed by atoms with E-state index in [2.05, 4.69) is 55.6 Å². The van der Waals surface area contributed by atoms with Crippen LogP contribution in [0.25, 0.3) is 11.1 Å². The number of hydrogen-bond acceptors (Lipinski definition) is 3. The highest BCUT2D eigenvalue weighted by atomic mass is 16.2. The lowest BCUT2D eigenvalue weighted by Gasteiger charge is -2.37. The van der Waals surface area contributed by atoms with Crippen LogP contribution in [0.4, 0.5) is 5.69 Å². The summed E-state index contributed by atoms with van der Waals surface area (Å²) in [6, 6.07) is 15.0. The van der Waals surface area contributed by atoms with Gasteiger partial charge in [-0.05, 0) is 59.6 Å². The lowest BCUT2D eigenvalue weighted by molar-refractivity contribution is -0.116. The topological polar surface area (TPSA) is 89.4 Å². The number of benzene rings is 2. The van der Waals surface area contributed by atoms with Gasteiger partial charge in [0.25, 0.3) is 0 Å². The van der Waals surface area contributed by atoms with Crippen LogP contribution in [0.3, 0.4) is 0 Å². The van der Waals surface area contributed by atoms with Crippen LogP contribution in [-0.4, -0.2) is 18.9 Å². The average molecular weight is 424 g/mol. The van der Waals surface area contributed by atoms with E-state index in [1.54, 1.807) is 6.92 Å². The molecule has 1 aliphatic heterocycles. The van der Waals surface area contributed by atoms with E-state index in [-0.39, 0.29) is 24.3 Å². The molecule has 0 bridgehead atoms. The molecular formula is C26H37N3O2. The monoisotopic (exact) mass is 423 g/mol. The molecule has 0 fully saturated rings. The fourth-order valence-corrected chi connectivity index (χ4v) is 3.67. The lowest BCUT2D eigenvalue weighted by atomic mass is 9.87. The molecule has 1 heterocycles. The Morgan fingerprint density at radius 3 is 2.29 bits per heavy atom. The molecule has 168 valence electrons. The molecule has 31 heavy (non-hydrogen) atoms. The zero-order valence-electron chi connectivity index (χ0n) is 19.3. The number of anilines is 1. The highest BCUT2D eigenvalue weighted by Crippen LogP contribution is 2.38. The van der Waals surface area contributed by atoms with Crippen molar-refractivity contribution >= 4 is 18.0 Å². The Morgan fingerprint density at radius 1 is 1.16 bits per heavy atom. The van der Waals surface area contributed by atoms with Gasteiger partial charge in [0.1, 0.15) is 0 Å². The van der Waals surface area contributed by atoms with Crippen LogP contribution in [0.15, 0.2) is 55.1 Å². The third-order valence-electron chi connectivity index (χ3n) is 5.30. The van der Waals surface area contributed by atoms with Crippen LogP contribution in [0.1, 0.15) is 57.7 Å². The van der Waals surface area contributed by atoms with Crippen LogP contribution < -0.4 is 16.4 Å². The Hall–Kier alpha value is -2.92. The molecule has 2 amide bonds. The summed E-state index contributed by atoms with van der Waals surface area (Å²) in [5.74, 6) is 0.315. The summed E-state index contributed by atoms with van der Waals surface area (Å²) in [6.45, 7) is 12.2. The second-order valence-electron chi connectivity index (χ2n) is 7.42. The number of allylic oxidation sites excluding steroid dienone is 1. The quantitative estimate of drug-likeness (QED) is 0.403. The maximum Gasteiger partial charge on any atom is 0.223 e. The predicted octanol–water partition coefficient (Wildman–Crippen LogP) is 4.99. The smallest absolute Gasteiger partial charge is 0.223 e. The Morgan fingerprint density at radius 2 is 1.74 bits per heavy atom. The van der Waals surface area contributed by atoms with Gasteiger partial charge in [0.2, 0.25) is 12.3 Å². The molecular weight excluding hydrogens is 386 g/mol. The van der Waals surface area contributed by atoms with Crippen molar-refractivity contribution in [3.63, 3.8) is 0 Å². The highest BCUT2D eigenvalue weighted by molar-refractivity contribution is 5.93. The van der Waals surface area contributed by atoms with Gasteiger partial charge in [-0.25, -0.2) is 0 Å². The van der Waals surface area contributed by atoms with Gasteiger partial charge in [0, 0.05) is 25.2 Å². The Bertz CT molecular complexity index is 846. The van der Waals surface area contributed by atoms with E-state index in [9.17, 15) is 4.79 Å². The zero-order chi connectivity index (χ0) is 23.4. The molecule has 5 nitrogen and oxygen atoms in total. The maximum absolute atomic E-state index is 12.0. The van der Waals surface area contributed by atoms with Gasteiger partial charge in [-0.2, -0.15) is 0 Å². The van der Waals surface area contributed by atoms with Crippen molar-refractivity contribution in [1.29, 1.82) is 0 Å². The number of aryl methyl sites for hydroxylation is 1. The predicted molar refractivity (Wildman–Crippen MR) is 131 cm³/mol. The highest BCUT2D eigenvalue weighted by Gasteiger charge is 2.30. The van der Waals surface area contributed by atoms with E-state index in [1.807, 2.05) is 30.9 Å². The van der Waals surface area contributed by atoms with Crippen molar-refractivity contribution in [3.05, 3.63) is 66.2 Å². The normalized spacial score (nSPS) is 16.6. The van der Waals surface area contributed by atoms with E-state index in [4.69, 9.17) is 10.5 Å². The summed E-state index contributed by atoms with van der Waals surface area (Å²) in [4.78, 5) is 22.4. The summed E-state index contributed by atoms with van der Waals surface area (Å²) in [5.41, 5.74) is 16.3. The number of amides is 2. The maximum atomic E-state index is 12.0. The molecule has 0 radical (unpaired) electrons. The SMILES string of the molecule is C=CCCCc1ccc(-c2ccc3c(c2)C(N)[C@H](C)CN3C(C)=O)cc1.CC.NC=O. The molecule has 3 rings (SSSR count). The van der Waals surface area contributed by atoms with Gasteiger partial charge in [-0.15, -0.1) is 6.58 Å². The Balaban J connectivity index is 0.000000884.